The van der Waals surface area contributed by atoms with E-state index in [9.17, 15) is 0 Å². The van der Waals surface area contributed by atoms with Crippen LogP contribution < -0.4 is 4.90 Å². The van der Waals surface area contributed by atoms with E-state index in [1.807, 2.05) is 18.2 Å². The summed E-state index contributed by atoms with van der Waals surface area (Å²) in [6, 6.07) is 80.0. The van der Waals surface area contributed by atoms with Crippen LogP contribution >= 0.6 is 0 Å². The smallest absolute Gasteiger partial charge is 0.136 e. The maximum Gasteiger partial charge on any atom is 0.136 e. The van der Waals surface area contributed by atoms with Crippen LogP contribution in [0.15, 0.2) is 229 Å². The van der Waals surface area contributed by atoms with Gasteiger partial charge < -0.3 is 9.32 Å². The number of rotatable bonds is 8. The molecule has 0 bridgehead atoms. The lowest BCUT2D eigenvalue weighted by Crippen LogP contribution is -2.11. The van der Waals surface area contributed by atoms with Crippen molar-refractivity contribution in [3.63, 3.8) is 0 Å². The molecular weight excluding hydrogens is 679 g/mol. The molecule has 1 heterocycles. The van der Waals surface area contributed by atoms with Gasteiger partial charge in [-0.1, -0.05) is 188 Å². The summed E-state index contributed by atoms with van der Waals surface area (Å²) < 4.78 is 6.28. The van der Waals surface area contributed by atoms with Crippen molar-refractivity contribution >= 4 is 38.8 Å². The molecule has 0 saturated carbocycles. The van der Waals surface area contributed by atoms with Crippen molar-refractivity contribution in [3.8, 4) is 55.8 Å². The molecule has 0 amide bonds. The van der Waals surface area contributed by atoms with Crippen LogP contribution in [0.5, 0.6) is 0 Å². The predicted octanol–water partition coefficient (Wildman–Crippen LogP) is 15.4. The van der Waals surface area contributed by atoms with Crippen molar-refractivity contribution in [2.24, 2.45) is 0 Å². The molecule has 2 heteroatoms. The lowest BCUT2D eigenvalue weighted by atomic mass is 9.95. The van der Waals surface area contributed by atoms with Gasteiger partial charge in [-0.25, -0.2) is 0 Å². The second-order valence-corrected chi connectivity index (χ2v) is 14.1. The van der Waals surface area contributed by atoms with Crippen molar-refractivity contribution in [3.05, 3.63) is 224 Å². The Balaban J connectivity index is 1.01. The highest BCUT2D eigenvalue weighted by molar-refractivity contribution is 6.01. The molecule has 0 saturated heterocycles. The van der Waals surface area contributed by atoms with Crippen LogP contribution in [0.4, 0.5) is 17.1 Å². The molecule has 1 aromatic heterocycles. The molecule has 0 unspecified atom stereocenters. The third kappa shape index (κ3) is 6.24. The fraction of sp³-hybridized carbons (Fsp3) is 0. The summed E-state index contributed by atoms with van der Waals surface area (Å²) in [5.41, 5.74) is 14.7. The van der Waals surface area contributed by atoms with Gasteiger partial charge in [0.15, 0.2) is 0 Å². The van der Waals surface area contributed by atoms with Gasteiger partial charge in [-0.05, 0) is 80.7 Å². The quantitative estimate of drug-likeness (QED) is 0.156. The standard InChI is InChI=1S/C54H37NO/c1-2-13-38(14-3-1)39-27-31-44(32-28-39)49-20-9-10-22-51(49)55(52-23-12-17-42-15-4-6-19-48(42)52)46-35-33-41(34-36-46)40-25-29-43(30-26-40)47-18-7-8-21-50(47)54-37-45-16-5-11-24-53(45)56-54/h1-37H. The van der Waals surface area contributed by atoms with E-state index >= 15 is 0 Å². The van der Waals surface area contributed by atoms with Gasteiger partial charge in [0.2, 0.25) is 0 Å². The molecule has 56 heavy (non-hydrogen) atoms. The second kappa shape index (κ2) is 14.4. The van der Waals surface area contributed by atoms with E-state index in [-0.39, 0.29) is 0 Å². The number of hydrogen-bond acceptors (Lipinski definition) is 2. The highest BCUT2D eigenvalue weighted by atomic mass is 16.3. The molecule has 0 aliphatic rings. The summed E-state index contributed by atoms with van der Waals surface area (Å²) in [5.74, 6) is 0.878. The number of hydrogen-bond donors (Lipinski definition) is 0. The van der Waals surface area contributed by atoms with Gasteiger partial charge in [0.1, 0.15) is 11.3 Å². The molecular formula is C54H37NO. The molecule has 0 N–H and O–H groups in total. The van der Waals surface area contributed by atoms with Gasteiger partial charge in [-0.3, -0.25) is 0 Å². The maximum atomic E-state index is 6.28. The third-order valence-electron chi connectivity index (χ3n) is 10.7. The Kier molecular flexibility index (Phi) is 8.55. The first-order valence-electron chi connectivity index (χ1n) is 19.1. The molecule has 0 aliphatic carbocycles. The summed E-state index contributed by atoms with van der Waals surface area (Å²) in [6.07, 6.45) is 0. The molecule has 0 fully saturated rings. The third-order valence-corrected chi connectivity index (χ3v) is 10.7. The van der Waals surface area contributed by atoms with Crippen LogP contribution in [0.1, 0.15) is 0 Å². The first-order valence-corrected chi connectivity index (χ1v) is 19.1. The Bertz CT molecular complexity index is 2900. The van der Waals surface area contributed by atoms with Crippen LogP contribution in [0, 0.1) is 0 Å². The lowest BCUT2D eigenvalue weighted by Gasteiger charge is -2.29. The molecule has 10 rings (SSSR count). The van der Waals surface area contributed by atoms with Gasteiger partial charge in [-0.15, -0.1) is 0 Å². The number of fused-ring (bicyclic) bond motifs is 2. The topological polar surface area (TPSA) is 16.4 Å². The van der Waals surface area contributed by atoms with Crippen LogP contribution in [0.25, 0.3) is 77.6 Å². The Hall–Kier alpha value is -7.42. The Morgan fingerprint density at radius 3 is 1.50 bits per heavy atom. The molecule has 264 valence electrons. The van der Waals surface area contributed by atoms with Crippen molar-refractivity contribution in [2.75, 3.05) is 4.90 Å². The molecule has 0 atom stereocenters. The predicted molar refractivity (Wildman–Crippen MR) is 236 cm³/mol. The first-order chi connectivity index (χ1) is 27.8. The molecule has 10 aromatic rings. The van der Waals surface area contributed by atoms with E-state index in [2.05, 4.69) is 211 Å². The average Bonchev–Trinajstić information content (AvgIpc) is 3.72. The highest BCUT2D eigenvalue weighted by Crippen LogP contribution is 2.44. The van der Waals surface area contributed by atoms with Gasteiger partial charge >= 0.3 is 0 Å². The summed E-state index contributed by atoms with van der Waals surface area (Å²) in [7, 11) is 0. The normalized spacial score (nSPS) is 11.2. The lowest BCUT2D eigenvalue weighted by molar-refractivity contribution is 0.632. The van der Waals surface area contributed by atoms with E-state index < -0.39 is 0 Å². The van der Waals surface area contributed by atoms with Gasteiger partial charge in [0, 0.05) is 27.6 Å². The monoisotopic (exact) mass is 715 g/mol. The zero-order valence-corrected chi connectivity index (χ0v) is 30.7. The van der Waals surface area contributed by atoms with Crippen molar-refractivity contribution in [2.45, 2.75) is 0 Å². The largest absolute Gasteiger partial charge is 0.456 e. The van der Waals surface area contributed by atoms with Crippen molar-refractivity contribution < 1.29 is 4.42 Å². The fourth-order valence-corrected chi connectivity index (χ4v) is 7.91. The van der Waals surface area contributed by atoms with Crippen LogP contribution in [-0.2, 0) is 0 Å². The minimum Gasteiger partial charge on any atom is -0.456 e. The first kappa shape index (κ1) is 33.2. The zero-order valence-electron chi connectivity index (χ0n) is 30.7. The SMILES string of the molecule is c1ccc(-c2ccc(-c3ccccc3N(c3ccc(-c4ccc(-c5ccccc5-c5cc6ccccc6o5)cc4)cc3)c3cccc4ccccc34)cc2)cc1. The van der Waals surface area contributed by atoms with Crippen molar-refractivity contribution in [1.82, 2.24) is 0 Å². The van der Waals surface area contributed by atoms with Gasteiger partial charge in [0.25, 0.3) is 0 Å². The maximum absolute atomic E-state index is 6.28. The number of para-hydroxylation sites is 2. The minimum atomic E-state index is 0.878. The number of anilines is 3. The Morgan fingerprint density at radius 1 is 0.304 bits per heavy atom. The van der Waals surface area contributed by atoms with E-state index in [4.69, 9.17) is 4.42 Å². The minimum absolute atomic E-state index is 0.878. The molecule has 9 aromatic carbocycles. The summed E-state index contributed by atoms with van der Waals surface area (Å²) in [4.78, 5) is 2.41. The molecule has 0 spiro atoms. The average molecular weight is 716 g/mol. The molecule has 2 nitrogen and oxygen atoms in total. The molecule has 0 aliphatic heterocycles. The van der Waals surface area contributed by atoms with Crippen molar-refractivity contribution in [1.29, 1.82) is 0 Å². The summed E-state index contributed by atoms with van der Waals surface area (Å²) >= 11 is 0. The number of benzene rings is 9. The van der Waals surface area contributed by atoms with E-state index in [0.29, 0.717) is 0 Å². The summed E-state index contributed by atoms with van der Waals surface area (Å²) in [5, 5.41) is 3.52. The Morgan fingerprint density at radius 2 is 0.786 bits per heavy atom. The van der Waals surface area contributed by atoms with Crippen LogP contribution in [0.2, 0.25) is 0 Å². The summed E-state index contributed by atoms with van der Waals surface area (Å²) in [6.45, 7) is 0. The van der Waals surface area contributed by atoms with Crippen LogP contribution in [0.3, 0.4) is 0 Å². The van der Waals surface area contributed by atoms with Gasteiger partial charge in [-0.2, -0.15) is 0 Å². The fourth-order valence-electron chi connectivity index (χ4n) is 7.91. The number of nitrogens with zero attached hydrogens (tertiary/aromatic N) is 1. The highest BCUT2D eigenvalue weighted by Gasteiger charge is 2.19. The van der Waals surface area contributed by atoms with E-state index in [0.717, 1.165) is 61.6 Å². The van der Waals surface area contributed by atoms with E-state index in [1.165, 1.54) is 33.0 Å². The van der Waals surface area contributed by atoms with E-state index in [1.54, 1.807) is 0 Å². The Labute approximate surface area is 327 Å². The van der Waals surface area contributed by atoms with Crippen LogP contribution in [-0.4, -0.2) is 0 Å². The zero-order chi connectivity index (χ0) is 37.3. The second-order valence-electron chi connectivity index (χ2n) is 14.1. The van der Waals surface area contributed by atoms with Gasteiger partial charge in [0.05, 0.1) is 11.4 Å². The number of furan rings is 1. The molecule has 0 radical (unpaired) electrons.